The van der Waals surface area contributed by atoms with Gasteiger partial charge < -0.3 is 54.1 Å². The molecule has 0 aliphatic carbocycles. The molecule has 0 atom stereocenters. The standard InChI is InChI=1S/C47H126O14Si16/c1-35-36-38-47(48)49-39-37-40-74(59-71(29,30)41-44-75(50-62(2,3)4,51-63(5,6)7)52-64(8,9)10,60-72(31,32)42-45-76(53-65(11,12)13,54-66(14,15)16)55-67(17,18)19)61-73(33,34)43-46-77(56-68(20,21)22,57-69(23,24)25)58-70(26,27)28/h35-46H2,1-34H3. The van der Waals surface area contributed by atoms with Crippen LogP contribution in [0.4, 0.5) is 0 Å². The molecule has 0 rings (SSSR count). The molecule has 0 spiro atoms. The third kappa shape index (κ3) is 39.7. The van der Waals surface area contributed by atoms with Crippen LogP contribution in [0.3, 0.4) is 0 Å². The summed E-state index contributed by atoms with van der Waals surface area (Å²) < 4.78 is 95.5. The normalized spacial score (nSPS) is 15.4. The average molecular weight is 1360 g/mol. The summed E-state index contributed by atoms with van der Waals surface area (Å²) in [7, 11) is -41.3. The van der Waals surface area contributed by atoms with Gasteiger partial charge in [0.1, 0.15) is 0 Å². The minimum absolute atomic E-state index is 0.170. The molecule has 14 nitrogen and oxygen atoms in total. The fourth-order valence-corrected chi connectivity index (χ4v) is 76.5. The number of unbranched alkanes of at least 4 members (excludes halogenated alkanes) is 1. The summed E-state index contributed by atoms with van der Waals surface area (Å²) in [6.45, 7) is 76.9. The molecule has 0 aromatic carbocycles. The zero-order valence-corrected chi connectivity index (χ0v) is 72.7. The molecule has 0 saturated carbocycles. The second kappa shape index (κ2) is 29.4. The second-order valence-electron chi connectivity index (χ2n) is 32.2. The van der Waals surface area contributed by atoms with Gasteiger partial charge in [0.15, 0.2) is 99.8 Å². The molecule has 77 heavy (non-hydrogen) atoms. The predicted octanol–water partition coefficient (Wildman–Crippen LogP) is 17.2. The summed E-state index contributed by atoms with van der Waals surface area (Å²) in [6, 6.07) is 4.66. The zero-order chi connectivity index (χ0) is 61.3. The molecule has 0 amide bonds. The molecule has 0 radical (unpaired) electrons. The summed E-state index contributed by atoms with van der Waals surface area (Å²) in [5.41, 5.74) is 0. The first-order valence-corrected chi connectivity index (χ1v) is 76.9. The van der Waals surface area contributed by atoms with Crippen molar-refractivity contribution >= 4 is 141 Å². The summed E-state index contributed by atoms with van der Waals surface area (Å²) in [6.07, 6.45) is 2.67. The molecule has 0 aliphatic rings. The van der Waals surface area contributed by atoms with Gasteiger partial charge in [0.25, 0.3) is 0 Å². The molecular weight excluding hydrogens is 1240 g/mol. The summed E-state index contributed by atoms with van der Waals surface area (Å²) in [5.74, 6) is -0.170. The lowest BCUT2D eigenvalue weighted by atomic mass is 10.2. The van der Waals surface area contributed by atoms with Crippen molar-refractivity contribution in [2.24, 2.45) is 0 Å². The maximum Gasteiger partial charge on any atom is 0.469 e. The molecule has 0 aliphatic heterocycles. The SMILES string of the molecule is CCCCC(=O)OCCC[Si](O[Si](C)(C)CC[Si](O[Si](C)(C)C)(O[Si](C)(C)C)O[Si](C)(C)C)(O[Si](C)(C)CC[Si](O[Si](C)(C)C)(O[Si](C)(C)C)O[Si](C)(C)C)O[Si](C)(C)CC[Si](O[Si](C)(C)C)(O[Si](C)(C)C)O[Si](C)(C)C. The molecule has 0 N–H and O–H groups in total. The van der Waals surface area contributed by atoms with Gasteiger partial charge in [-0.1, -0.05) is 13.3 Å². The molecule has 0 aromatic rings. The lowest BCUT2D eigenvalue weighted by Gasteiger charge is -2.48. The maximum atomic E-state index is 13.1. The molecule has 0 heterocycles. The van der Waals surface area contributed by atoms with Crippen molar-refractivity contribution in [1.82, 2.24) is 0 Å². The average Bonchev–Trinajstić information content (AvgIpc) is 3.06. The molecule has 30 heteroatoms. The van der Waals surface area contributed by atoms with Crippen molar-refractivity contribution in [3.05, 3.63) is 0 Å². The molecule has 0 bridgehead atoms. The van der Waals surface area contributed by atoms with Crippen LogP contribution in [0.15, 0.2) is 0 Å². The van der Waals surface area contributed by atoms with Crippen LogP contribution < -0.4 is 0 Å². The van der Waals surface area contributed by atoms with Crippen LogP contribution in [0, 0.1) is 0 Å². The highest BCUT2D eigenvalue weighted by Gasteiger charge is 2.58. The van der Waals surface area contributed by atoms with Gasteiger partial charge in [0, 0.05) is 30.6 Å². The lowest BCUT2D eigenvalue weighted by molar-refractivity contribution is -0.143. The predicted molar refractivity (Wildman–Crippen MR) is 367 cm³/mol. The third-order valence-corrected chi connectivity index (χ3v) is 63.2. The highest BCUT2D eigenvalue weighted by atomic mass is 28.5. The number of carbonyl (C=O) groups is 1. The zero-order valence-electron chi connectivity index (χ0n) is 56.7. The van der Waals surface area contributed by atoms with E-state index in [2.05, 4.69) is 223 Å². The highest BCUT2D eigenvalue weighted by molar-refractivity contribution is 6.95. The van der Waals surface area contributed by atoms with E-state index in [1.807, 2.05) is 0 Å². The van der Waals surface area contributed by atoms with Crippen LogP contribution in [0.5, 0.6) is 0 Å². The van der Waals surface area contributed by atoms with E-state index >= 15 is 0 Å². The van der Waals surface area contributed by atoms with Crippen LogP contribution in [-0.2, 0) is 58.9 Å². The number of carbonyl (C=O) groups excluding carboxylic acids is 1. The van der Waals surface area contributed by atoms with E-state index in [1.54, 1.807) is 0 Å². The fraction of sp³-hybridized carbons (Fsp3) is 0.979. The summed E-state index contributed by atoms with van der Waals surface area (Å²) in [5, 5.41) is 0. The Bertz CT molecular complexity index is 1470. The van der Waals surface area contributed by atoms with E-state index in [0.717, 1.165) is 31.0 Å². The van der Waals surface area contributed by atoms with Gasteiger partial charge in [-0.15, -0.1) is 0 Å². The Morgan fingerprint density at radius 2 is 0.455 bits per heavy atom. The minimum atomic E-state index is -3.76. The number of hydrogen-bond donors (Lipinski definition) is 0. The number of hydrogen-bond acceptors (Lipinski definition) is 14. The molecule has 0 unspecified atom stereocenters. The summed E-state index contributed by atoms with van der Waals surface area (Å²) in [4.78, 5) is 13.1. The van der Waals surface area contributed by atoms with Gasteiger partial charge in [-0.05, 0) is 247 Å². The second-order valence-corrected chi connectivity index (χ2v) is 99.5. The van der Waals surface area contributed by atoms with E-state index in [4.69, 9.17) is 54.1 Å². The van der Waals surface area contributed by atoms with Crippen LogP contribution in [-0.4, -0.2) is 148 Å². The van der Waals surface area contributed by atoms with Crippen molar-refractivity contribution in [1.29, 1.82) is 0 Å². The van der Waals surface area contributed by atoms with Crippen LogP contribution in [0.1, 0.15) is 32.6 Å². The lowest BCUT2D eigenvalue weighted by Crippen LogP contribution is -2.64. The Hall–Kier alpha value is 2.46. The summed E-state index contributed by atoms with van der Waals surface area (Å²) >= 11 is 0. The first-order valence-electron chi connectivity index (χ1n) is 29.1. The first-order chi connectivity index (χ1) is 33.6. The van der Waals surface area contributed by atoms with Crippen molar-refractivity contribution in [2.75, 3.05) is 6.61 Å². The smallest absolute Gasteiger partial charge is 0.466 e. The van der Waals surface area contributed by atoms with Crippen LogP contribution in [0.25, 0.3) is 0 Å². The Labute approximate surface area is 493 Å². The number of esters is 1. The van der Waals surface area contributed by atoms with E-state index in [1.165, 1.54) is 0 Å². The Kier molecular flexibility index (Phi) is 30.4. The Morgan fingerprint density at radius 1 is 0.260 bits per heavy atom. The van der Waals surface area contributed by atoms with Crippen LogP contribution >= 0.6 is 0 Å². The van der Waals surface area contributed by atoms with Gasteiger partial charge in [-0.3, -0.25) is 4.79 Å². The molecule has 0 fully saturated rings. The quantitative estimate of drug-likeness (QED) is 0.0327. The maximum absolute atomic E-state index is 13.1. The van der Waals surface area contributed by atoms with Crippen molar-refractivity contribution in [3.8, 4) is 0 Å². The molecular formula is C47H126O14Si16. The monoisotopic (exact) mass is 1360 g/mol. The van der Waals surface area contributed by atoms with Crippen molar-refractivity contribution in [3.63, 3.8) is 0 Å². The Balaban J connectivity index is 8.51. The van der Waals surface area contributed by atoms with Gasteiger partial charge >= 0.3 is 41.2 Å². The minimum Gasteiger partial charge on any atom is -0.466 e. The van der Waals surface area contributed by atoms with E-state index in [-0.39, 0.29) is 12.6 Å². The largest absolute Gasteiger partial charge is 0.469 e. The van der Waals surface area contributed by atoms with E-state index in [9.17, 15) is 4.79 Å². The van der Waals surface area contributed by atoms with E-state index < -0.39 is 135 Å². The first kappa shape index (κ1) is 79.5. The van der Waals surface area contributed by atoms with Crippen molar-refractivity contribution in [2.45, 2.75) is 291 Å². The molecule has 0 aromatic heterocycles. The third-order valence-electron chi connectivity index (χ3n) is 10.2. The van der Waals surface area contributed by atoms with Gasteiger partial charge in [0.2, 0.25) is 0 Å². The fourth-order valence-electron chi connectivity index (χ4n) is 8.71. The molecule has 462 valence electrons. The van der Waals surface area contributed by atoms with Gasteiger partial charge in [-0.25, -0.2) is 0 Å². The molecule has 0 saturated heterocycles. The van der Waals surface area contributed by atoms with Gasteiger partial charge in [-0.2, -0.15) is 0 Å². The highest BCUT2D eigenvalue weighted by Crippen LogP contribution is 2.41. The number of ether oxygens (including phenoxy) is 1. The van der Waals surface area contributed by atoms with Crippen molar-refractivity contribution < 1.29 is 58.9 Å². The topological polar surface area (TPSA) is 137 Å². The Morgan fingerprint density at radius 3 is 0.636 bits per heavy atom. The van der Waals surface area contributed by atoms with E-state index in [0.29, 0.717) is 37.0 Å². The number of rotatable bonds is 40. The van der Waals surface area contributed by atoms with Crippen LogP contribution in [0.2, 0.25) is 258 Å². The van der Waals surface area contributed by atoms with Gasteiger partial charge in [0.05, 0.1) is 6.61 Å².